The lowest BCUT2D eigenvalue weighted by Gasteiger charge is -2.37. The van der Waals surface area contributed by atoms with Crippen molar-refractivity contribution in [2.75, 3.05) is 26.5 Å². The van der Waals surface area contributed by atoms with E-state index in [1.807, 2.05) is 57.2 Å². The summed E-state index contributed by atoms with van der Waals surface area (Å²) in [5.41, 5.74) is 3.37. The van der Waals surface area contributed by atoms with Crippen LogP contribution in [0.1, 0.15) is 56.6 Å². The molecule has 210 valence electrons. The van der Waals surface area contributed by atoms with Gasteiger partial charge in [0, 0.05) is 55.0 Å². The molecule has 3 aromatic heterocycles. The third kappa shape index (κ3) is 5.28. The first-order valence-corrected chi connectivity index (χ1v) is 13.8. The largest absolute Gasteiger partial charge is 0.420 e. The molecule has 10 nitrogen and oxygen atoms in total. The highest BCUT2D eigenvalue weighted by atomic mass is 32.1. The van der Waals surface area contributed by atoms with Crippen molar-refractivity contribution in [3.05, 3.63) is 82.0 Å². The first-order chi connectivity index (χ1) is 19.5. The van der Waals surface area contributed by atoms with Gasteiger partial charge >= 0.3 is 0 Å². The second-order valence-electron chi connectivity index (χ2n) is 10.5. The van der Waals surface area contributed by atoms with Gasteiger partial charge in [0.15, 0.2) is 5.13 Å². The van der Waals surface area contributed by atoms with Crippen LogP contribution >= 0.6 is 11.3 Å². The molecule has 5 rings (SSSR count). The summed E-state index contributed by atoms with van der Waals surface area (Å²) in [6.45, 7) is 5.58. The van der Waals surface area contributed by atoms with Crippen LogP contribution in [0.2, 0.25) is 0 Å². The molecule has 1 aliphatic rings. The van der Waals surface area contributed by atoms with Gasteiger partial charge in [-0.3, -0.25) is 14.4 Å². The molecule has 0 saturated carbocycles. The van der Waals surface area contributed by atoms with Gasteiger partial charge in [-0.05, 0) is 31.2 Å². The molecule has 41 heavy (non-hydrogen) atoms. The Morgan fingerprint density at radius 3 is 2.27 bits per heavy atom. The standard InChI is InChI=1S/C30H30N6O4S/c1-16-7-12-19-23(30(2,3)28(39)35-29-32-15-22(41-29)24(37)31-4)20-13-14-21(34-26(20)40-25(19)33-16)17-8-10-18(11-9-17)27(38)36(5)6/h7-15,23H,1-6H3,(H,31,37)(H,32,35,39)/t23-/m0/s1. The maximum atomic E-state index is 13.7. The molecule has 4 heterocycles. The molecule has 0 spiro atoms. The van der Waals surface area contributed by atoms with E-state index >= 15 is 0 Å². The maximum absolute atomic E-state index is 13.7. The van der Waals surface area contributed by atoms with Crippen molar-refractivity contribution in [1.82, 2.24) is 25.2 Å². The molecule has 0 bridgehead atoms. The van der Waals surface area contributed by atoms with Gasteiger partial charge < -0.3 is 20.3 Å². The van der Waals surface area contributed by atoms with E-state index in [1.165, 1.54) is 11.1 Å². The number of rotatable bonds is 6. The number of ether oxygens (including phenoxy) is 1. The van der Waals surface area contributed by atoms with Gasteiger partial charge in [0.05, 0.1) is 17.3 Å². The monoisotopic (exact) mass is 570 g/mol. The highest BCUT2D eigenvalue weighted by molar-refractivity contribution is 7.17. The topological polar surface area (TPSA) is 126 Å². The van der Waals surface area contributed by atoms with Crippen LogP contribution in [0.3, 0.4) is 0 Å². The SMILES string of the molecule is CNC(=O)c1cnc(NC(=O)C(C)(C)[C@H]2c3ccc(C)nc3Oc3nc(-c4ccc(C(=O)N(C)C)cc4)ccc32)s1. The molecule has 4 aromatic rings. The van der Waals surface area contributed by atoms with E-state index in [0.29, 0.717) is 33.0 Å². The molecule has 3 amide bonds. The fraction of sp³-hybridized carbons (Fsp3) is 0.267. The highest BCUT2D eigenvalue weighted by Gasteiger charge is 2.45. The number of aryl methyl sites for hydroxylation is 1. The van der Waals surface area contributed by atoms with Gasteiger partial charge in [0.2, 0.25) is 17.7 Å². The summed E-state index contributed by atoms with van der Waals surface area (Å²) in [4.78, 5) is 53.6. The number of hydrogen-bond donors (Lipinski definition) is 2. The van der Waals surface area contributed by atoms with Crippen molar-refractivity contribution >= 4 is 34.2 Å². The Hall–Kier alpha value is -4.64. The number of fused-ring (bicyclic) bond motifs is 2. The normalized spacial score (nSPS) is 13.9. The second kappa shape index (κ2) is 10.7. The third-order valence-corrected chi connectivity index (χ3v) is 7.96. The average molecular weight is 571 g/mol. The van der Waals surface area contributed by atoms with Crippen LogP contribution in [0.25, 0.3) is 11.3 Å². The molecular weight excluding hydrogens is 540 g/mol. The van der Waals surface area contributed by atoms with E-state index in [1.54, 1.807) is 33.3 Å². The zero-order valence-corrected chi connectivity index (χ0v) is 24.4. The second-order valence-corrected chi connectivity index (χ2v) is 11.6. The zero-order chi connectivity index (χ0) is 29.5. The number of nitrogens with one attached hydrogen (secondary N) is 2. The molecule has 1 atom stereocenters. The number of hydrogen-bond acceptors (Lipinski definition) is 8. The number of carbonyl (C=O) groups is 3. The maximum Gasteiger partial charge on any atom is 0.262 e. The molecule has 0 fully saturated rings. The molecule has 11 heteroatoms. The number of aromatic nitrogens is 3. The predicted octanol–water partition coefficient (Wildman–Crippen LogP) is 4.87. The lowest BCUT2D eigenvalue weighted by Crippen LogP contribution is -2.38. The minimum atomic E-state index is -0.986. The number of anilines is 1. The fourth-order valence-corrected chi connectivity index (χ4v) is 5.54. The summed E-state index contributed by atoms with van der Waals surface area (Å²) in [5, 5.41) is 5.78. The Labute approximate surface area is 241 Å². The Morgan fingerprint density at radius 1 is 0.951 bits per heavy atom. The average Bonchev–Trinajstić information content (AvgIpc) is 3.43. The minimum Gasteiger partial charge on any atom is -0.420 e. The van der Waals surface area contributed by atoms with Crippen molar-refractivity contribution in [1.29, 1.82) is 0 Å². The van der Waals surface area contributed by atoms with E-state index in [9.17, 15) is 14.4 Å². The van der Waals surface area contributed by atoms with Gasteiger partial charge in [-0.25, -0.2) is 15.0 Å². The molecule has 1 aliphatic heterocycles. The molecule has 0 radical (unpaired) electrons. The predicted molar refractivity (Wildman–Crippen MR) is 156 cm³/mol. The van der Waals surface area contributed by atoms with E-state index in [2.05, 4.69) is 20.6 Å². The van der Waals surface area contributed by atoms with Crippen molar-refractivity contribution in [3.63, 3.8) is 0 Å². The smallest absolute Gasteiger partial charge is 0.262 e. The van der Waals surface area contributed by atoms with Gasteiger partial charge in [-0.1, -0.05) is 49.4 Å². The van der Waals surface area contributed by atoms with Gasteiger partial charge in [-0.2, -0.15) is 0 Å². The van der Waals surface area contributed by atoms with Crippen LogP contribution in [0.15, 0.2) is 54.7 Å². The van der Waals surface area contributed by atoms with E-state index in [-0.39, 0.29) is 17.7 Å². The van der Waals surface area contributed by atoms with Gasteiger partial charge in [0.1, 0.15) is 4.88 Å². The van der Waals surface area contributed by atoms with Crippen molar-refractivity contribution in [2.45, 2.75) is 26.7 Å². The van der Waals surface area contributed by atoms with Gasteiger partial charge in [-0.15, -0.1) is 0 Å². The van der Waals surface area contributed by atoms with E-state index < -0.39 is 11.3 Å². The summed E-state index contributed by atoms with van der Waals surface area (Å²) in [5.74, 6) is -0.293. The van der Waals surface area contributed by atoms with Crippen molar-refractivity contribution < 1.29 is 19.1 Å². The summed E-state index contributed by atoms with van der Waals surface area (Å²) in [6, 6.07) is 14.9. The highest BCUT2D eigenvalue weighted by Crippen LogP contribution is 2.51. The Bertz CT molecular complexity index is 1660. The molecule has 0 unspecified atom stereocenters. The quantitative estimate of drug-likeness (QED) is 0.339. The molecular formula is C30H30N6O4S. The molecule has 1 aromatic carbocycles. The van der Waals surface area contributed by atoms with Crippen LogP contribution in [-0.4, -0.2) is 58.7 Å². The summed E-state index contributed by atoms with van der Waals surface area (Å²) in [6.07, 6.45) is 1.44. The Kier molecular flexibility index (Phi) is 7.31. The molecule has 0 saturated heterocycles. The molecule has 0 aliphatic carbocycles. The first kappa shape index (κ1) is 27.9. The number of pyridine rings is 2. The number of carbonyl (C=O) groups excluding carboxylic acids is 3. The minimum absolute atomic E-state index is 0.0812. The Morgan fingerprint density at radius 2 is 1.61 bits per heavy atom. The number of nitrogens with zero attached hydrogens (tertiary/aromatic N) is 4. The van der Waals surface area contributed by atoms with E-state index in [0.717, 1.165) is 33.7 Å². The molecule has 2 N–H and O–H groups in total. The third-order valence-electron chi connectivity index (χ3n) is 7.05. The van der Waals surface area contributed by atoms with Crippen LogP contribution in [0.4, 0.5) is 5.13 Å². The number of benzene rings is 1. The van der Waals surface area contributed by atoms with Crippen LogP contribution < -0.4 is 15.4 Å². The van der Waals surface area contributed by atoms with Gasteiger partial charge in [0.25, 0.3) is 11.8 Å². The Balaban J connectivity index is 1.51. The number of thiazole rings is 1. The van der Waals surface area contributed by atoms with Crippen molar-refractivity contribution in [2.24, 2.45) is 5.41 Å². The van der Waals surface area contributed by atoms with Crippen LogP contribution in [0, 0.1) is 12.3 Å². The fourth-order valence-electron chi connectivity index (χ4n) is 4.79. The zero-order valence-electron chi connectivity index (χ0n) is 23.6. The number of amides is 3. The van der Waals surface area contributed by atoms with Crippen molar-refractivity contribution in [3.8, 4) is 23.0 Å². The summed E-state index contributed by atoms with van der Waals surface area (Å²) in [7, 11) is 4.96. The lowest BCUT2D eigenvalue weighted by atomic mass is 9.70. The van der Waals surface area contributed by atoms with Crippen LogP contribution in [-0.2, 0) is 4.79 Å². The van der Waals surface area contributed by atoms with E-state index in [4.69, 9.17) is 9.72 Å². The first-order valence-electron chi connectivity index (χ1n) is 13.0. The summed E-state index contributed by atoms with van der Waals surface area (Å²) >= 11 is 1.11. The summed E-state index contributed by atoms with van der Waals surface area (Å²) < 4.78 is 6.21. The lowest BCUT2D eigenvalue weighted by molar-refractivity contribution is -0.124. The van der Waals surface area contributed by atoms with Crippen LogP contribution in [0.5, 0.6) is 11.8 Å².